The van der Waals surface area contributed by atoms with Crippen LogP contribution in [0.2, 0.25) is 0 Å². The van der Waals surface area contributed by atoms with E-state index >= 15 is 0 Å². The monoisotopic (exact) mass is 206 g/mol. The van der Waals surface area contributed by atoms with E-state index in [2.05, 4.69) is 10.1 Å². The maximum Gasteiger partial charge on any atom is 0.157 e. The molecule has 0 aliphatic rings. The molecule has 0 aromatic carbocycles. The van der Waals surface area contributed by atoms with Gasteiger partial charge in [-0.05, 0) is 6.07 Å². The molecule has 2 N–H and O–H groups in total. The molecule has 0 radical (unpaired) electrons. The van der Waals surface area contributed by atoms with Crippen molar-refractivity contribution in [2.75, 3.05) is 5.73 Å². The van der Waals surface area contributed by atoms with E-state index in [4.69, 9.17) is 5.73 Å². The van der Waals surface area contributed by atoms with Crippen molar-refractivity contribution in [1.29, 1.82) is 0 Å². The highest BCUT2D eigenvalue weighted by Crippen LogP contribution is 2.03. The molecule has 6 heteroatoms. The Bertz CT molecular complexity index is 359. The normalized spacial score (nSPS) is 8.67. The predicted octanol–water partition coefficient (Wildman–Crippen LogP) is 1.16. The molecule has 4 nitrogen and oxygen atoms in total. The Morgan fingerprint density at radius 2 is 2.08 bits per heavy atom. The second-order valence-electron chi connectivity index (χ2n) is 2.02. The average molecular weight is 207 g/mol. The van der Waals surface area contributed by atoms with Gasteiger partial charge >= 0.3 is 0 Å². The van der Waals surface area contributed by atoms with Crippen molar-refractivity contribution >= 4 is 36.1 Å². The fourth-order valence-electron chi connectivity index (χ4n) is 0.831. The first-order valence-electron chi connectivity index (χ1n) is 2.91. The van der Waals surface area contributed by atoms with Crippen LogP contribution in [0.25, 0.3) is 5.65 Å². The molecule has 66 valence electrons. The number of nitrogen functional groups attached to an aromatic ring is 1. The fraction of sp³-hybridized carbons (Fsp3) is 0. The van der Waals surface area contributed by atoms with Crippen LogP contribution in [0, 0.1) is 0 Å². The number of anilines is 1. The van der Waals surface area contributed by atoms with E-state index in [1.54, 1.807) is 22.8 Å². The van der Waals surface area contributed by atoms with Gasteiger partial charge in [-0.15, -0.1) is 24.8 Å². The van der Waals surface area contributed by atoms with E-state index in [1.165, 1.54) is 6.33 Å². The van der Waals surface area contributed by atoms with Crippen molar-refractivity contribution in [3.05, 3.63) is 24.7 Å². The highest BCUT2D eigenvalue weighted by Gasteiger charge is 1.92. The summed E-state index contributed by atoms with van der Waals surface area (Å²) in [6, 6.07) is 3.55. The van der Waals surface area contributed by atoms with Crippen LogP contribution in [-0.4, -0.2) is 14.6 Å². The first-order chi connectivity index (χ1) is 4.86. The number of pyridine rings is 1. The van der Waals surface area contributed by atoms with Crippen LogP contribution >= 0.6 is 24.8 Å². The number of nitrogens with zero attached hydrogens (tertiary/aromatic N) is 3. The molecule has 2 heterocycles. The molecule has 0 atom stereocenters. The number of rotatable bonds is 0. The number of halogens is 2. The molecule has 0 fully saturated rings. The van der Waals surface area contributed by atoms with Gasteiger partial charge in [-0.3, -0.25) is 0 Å². The second-order valence-corrected chi connectivity index (χ2v) is 2.02. The van der Waals surface area contributed by atoms with Crippen LogP contribution in [0.1, 0.15) is 0 Å². The third kappa shape index (κ3) is 1.78. The molecule has 0 spiro atoms. The second kappa shape index (κ2) is 4.13. The molecule has 0 saturated carbocycles. The van der Waals surface area contributed by atoms with Gasteiger partial charge in [-0.1, -0.05) is 0 Å². The average Bonchev–Trinajstić information content (AvgIpc) is 2.33. The van der Waals surface area contributed by atoms with Crippen molar-refractivity contribution in [1.82, 2.24) is 14.6 Å². The molecule has 0 saturated heterocycles. The Balaban J connectivity index is 0.000000605. The molecular weight excluding hydrogens is 199 g/mol. The van der Waals surface area contributed by atoms with E-state index in [0.29, 0.717) is 5.69 Å². The molecule has 0 bridgehead atoms. The largest absolute Gasteiger partial charge is 0.399 e. The van der Waals surface area contributed by atoms with Crippen LogP contribution in [0.5, 0.6) is 0 Å². The van der Waals surface area contributed by atoms with Gasteiger partial charge in [0, 0.05) is 18.0 Å². The smallest absolute Gasteiger partial charge is 0.157 e. The van der Waals surface area contributed by atoms with E-state index in [1.807, 2.05) is 0 Å². The van der Waals surface area contributed by atoms with Gasteiger partial charge in [0.1, 0.15) is 6.33 Å². The zero-order valence-electron chi connectivity index (χ0n) is 6.04. The molecule has 12 heavy (non-hydrogen) atoms. The zero-order valence-corrected chi connectivity index (χ0v) is 7.68. The number of hydrogen-bond acceptors (Lipinski definition) is 3. The van der Waals surface area contributed by atoms with E-state index in [-0.39, 0.29) is 24.8 Å². The van der Waals surface area contributed by atoms with Gasteiger partial charge in [-0.25, -0.2) is 9.50 Å². The lowest BCUT2D eigenvalue weighted by molar-refractivity contribution is 0.962. The fourth-order valence-corrected chi connectivity index (χ4v) is 0.831. The van der Waals surface area contributed by atoms with Crippen LogP contribution < -0.4 is 5.73 Å². The van der Waals surface area contributed by atoms with Gasteiger partial charge in [0.2, 0.25) is 0 Å². The van der Waals surface area contributed by atoms with Crippen molar-refractivity contribution < 1.29 is 0 Å². The van der Waals surface area contributed by atoms with Crippen LogP contribution in [0.4, 0.5) is 5.69 Å². The quantitative estimate of drug-likeness (QED) is 0.704. The third-order valence-corrected chi connectivity index (χ3v) is 1.30. The Morgan fingerprint density at radius 1 is 1.33 bits per heavy atom. The lowest BCUT2D eigenvalue weighted by Gasteiger charge is -1.91. The summed E-state index contributed by atoms with van der Waals surface area (Å²) in [5.41, 5.74) is 6.99. The first kappa shape index (κ1) is 11.0. The predicted molar refractivity (Wildman–Crippen MR) is 51.9 cm³/mol. The lowest BCUT2D eigenvalue weighted by atomic mass is 10.4. The molecule has 2 aromatic heterocycles. The summed E-state index contributed by atoms with van der Waals surface area (Å²) in [6.07, 6.45) is 3.27. The van der Waals surface area contributed by atoms with Crippen LogP contribution in [0.3, 0.4) is 0 Å². The number of nitrogens with two attached hydrogens (primary N) is 1. The Hall–Kier alpha value is -1.00. The summed E-state index contributed by atoms with van der Waals surface area (Å²) >= 11 is 0. The topological polar surface area (TPSA) is 56.2 Å². The molecule has 0 unspecified atom stereocenters. The maximum absolute atomic E-state index is 5.50. The lowest BCUT2D eigenvalue weighted by Crippen LogP contribution is -1.89. The molecule has 0 aliphatic heterocycles. The summed E-state index contributed by atoms with van der Waals surface area (Å²) in [4.78, 5) is 3.95. The maximum atomic E-state index is 5.50. The minimum Gasteiger partial charge on any atom is -0.399 e. The van der Waals surface area contributed by atoms with Gasteiger partial charge in [0.25, 0.3) is 0 Å². The standard InChI is InChI=1S/C6H6N4.2ClH/c7-5-1-2-10-6(3-5)8-4-9-10;;/h1-4H,7H2;2*1H. The van der Waals surface area contributed by atoms with Crippen LogP contribution in [0.15, 0.2) is 24.7 Å². The highest BCUT2D eigenvalue weighted by atomic mass is 35.5. The minimum absolute atomic E-state index is 0. The van der Waals surface area contributed by atoms with Crippen molar-refractivity contribution in [2.24, 2.45) is 0 Å². The SMILES string of the molecule is Cl.Cl.Nc1ccn2ncnc2c1. The summed E-state index contributed by atoms with van der Waals surface area (Å²) in [6.45, 7) is 0. The summed E-state index contributed by atoms with van der Waals surface area (Å²) in [7, 11) is 0. The van der Waals surface area contributed by atoms with Gasteiger partial charge in [0.15, 0.2) is 5.65 Å². The summed E-state index contributed by atoms with van der Waals surface area (Å²) in [5, 5.41) is 3.91. The van der Waals surface area contributed by atoms with Crippen LogP contribution in [-0.2, 0) is 0 Å². The van der Waals surface area contributed by atoms with Crippen molar-refractivity contribution in [3.63, 3.8) is 0 Å². The first-order valence-corrected chi connectivity index (χ1v) is 2.91. The highest BCUT2D eigenvalue weighted by molar-refractivity contribution is 5.85. The third-order valence-electron chi connectivity index (χ3n) is 1.30. The summed E-state index contributed by atoms with van der Waals surface area (Å²) < 4.78 is 1.66. The van der Waals surface area contributed by atoms with Gasteiger partial charge < -0.3 is 5.73 Å². The van der Waals surface area contributed by atoms with E-state index in [9.17, 15) is 0 Å². The number of hydrogen-bond donors (Lipinski definition) is 1. The van der Waals surface area contributed by atoms with Crippen molar-refractivity contribution in [2.45, 2.75) is 0 Å². The Labute approximate surface area is 81.6 Å². The minimum atomic E-state index is 0. The van der Waals surface area contributed by atoms with Gasteiger partial charge in [-0.2, -0.15) is 5.10 Å². The molecule has 0 aliphatic carbocycles. The van der Waals surface area contributed by atoms with Crippen molar-refractivity contribution in [3.8, 4) is 0 Å². The molecular formula is C6H8Cl2N4. The van der Waals surface area contributed by atoms with E-state index in [0.717, 1.165) is 5.65 Å². The zero-order chi connectivity index (χ0) is 6.97. The number of fused-ring (bicyclic) bond motifs is 1. The molecule has 2 rings (SSSR count). The van der Waals surface area contributed by atoms with E-state index < -0.39 is 0 Å². The Morgan fingerprint density at radius 3 is 2.83 bits per heavy atom. The summed E-state index contributed by atoms with van der Waals surface area (Å²) in [5.74, 6) is 0. The Kier molecular flexibility index (Phi) is 3.79. The van der Waals surface area contributed by atoms with Gasteiger partial charge in [0.05, 0.1) is 0 Å². The molecule has 2 aromatic rings. The molecule has 0 amide bonds. The number of aromatic nitrogens is 3.